The number of carbonyl (C=O) groups is 1. The molecule has 0 aromatic heterocycles. The summed E-state index contributed by atoms with van der Waals surface area (Å²) in [5.74, 6) is -3.70. The third kappa shape index (κ3) is 3.37. The highest BCUT2D eigenvalue weighted by Gasteiger charge is 2.46. The van der Waals surface area contributed by atoms with Gasteiger partial charge in [-0.1, -0.05) is 6.92 Å². The Morgan fingerprint density at radius 2 is 2.20 bits per heavy atom. The van der Waals surface area contributed by atoms with Crippen LogP contribution in [0.1, 0.15) is 13.3 Å². The fourth-order valence-electron chi connectivity index (χ4n) is 1.77. The standard InChI is InChI=1S/C9H14F3NO2/c1-6-2-3-13(4-6)5-7(8(14)15)9(10,11)12/h6-7H,2-5H2,1H3,(H,14,15). The quantitative estimate of drug-likeness (QED) is 0.793. The van der Waals surface area contributed by atoms with Gasteiger partial charge < -0.3 is 10.0 Å². The van der Waals surface area contributed by atoms with Crippen LogP contribution in [-0.2, 0) is 4.79 Å². The highest BCUT2D eigenvalue weighted by atomic mass is 19.4. The number of aliphatic carboxylic acids is 1. The summed E-state index contributed by atoms with van der Waals surface area (Å²) < 4.78 is 36.9. The van der Waals surface area contributed by atoms with E-state index in [2.05, 4.69) is 0 Å². The Morgan fingerprint density at radius 3 is 2.53 bits per heavy atom. The summed E-state index contributed by atoms with van der Waals surface area (Å²) in [6.45, 7) is 2.63. The molecule has 3 nitrogen and oxygen atoms in total. The fourth-order valence-corrected chi connectivity index (χ4v) is 1.77. The van der Waals surface area contributed by atoms with Crippen molar-refractivity contribution in [2.24, 2.45) is 11.8 Å². The number of rotatable bonds is 3. The van der Waals surface area contributed by atoms with E-state index in [1.807, 2.05) is 6.92 Å². The van der Waals surface area contributed by atoms with Crippen LogP contribution in [0.3, 0.4) is 0 Å². The number of nitrogens with zero attached hydrogens (tertiary/aromatic N) is 1. The van der Waals surface area contributed by atoms with E-state index in [1.54, 1.807) is 4.90 Å². The summed E-state index contributed by atoms with van der Waals surface area (Å²) in [6, 6.07) is 0. The lowest BCUT2D eigenvalue weighted by atomic mass is 10.1. The van der Waals surface area contributed by atoms with E-state index in [-0.39, 0.29) is 0 Å². The molecule has 0 aliphatic carbocycles. The molecule has 0 bridgehead atoms. The van der Waals surface area contributed by atoms with E-state index in [0.29, 0.717) is 19.0 Å². The first kappa shape index (κ1) is 12.3. The highest BCUT2D eigenvalue weighted by Crippen LogP contribution is 2.28. The lowest BCUT2D eigenvalue weighted by Gasteiger charge is -2.22. The average molecular weight is 225 g/mol. The molecule has 1 saturated heterocycles. The Bertz CT molecular complexity index is 242. The smallest absolute Gasteiger partial charge is 0.403 e. The van der Waals surface area contributed by atoms with Gasteiger partial charge in [0.2, 0.25) is 0 Å². The normalized spacial score (nSPS) is 25.5. The minimum atomic E-state index is -4.66. The second-order valence-electron chi connectivity index (χ2n) is 4.09. The van der Waals surface area contributed by atoms with Gasteiger partial charge in [0, 0.05) is 13.1 Å². The number of hydrogen-bond acceptors (Lipinski definition) is 2. The molecule has 0 aromatic rings. The molecule has 0 amide bonds. The summed E-state index contributed by atoms with van der Waals surface area (Å²) in [5, 5.41) is 8.49. The van der Waals surface area contributed by atoms with Gasteiger partial charge >= 0.3 is 12.1 Å². The number of carboxylic acid groups (broad SMARTS) is 1. The van der Waals surface area contributed by atoms with E-state index in [4.69, 9.17) is 5.11 Å². The Kier molecular flexibility index (Phi) is 3.59. The summed E-state index contributed by atoms with van der Waals surface area (Å²) >= 11 is 0. The second-order valence-corrected chi connectivity index (χ2v) is 4.09. The van der Waals surface area contributed by atoms with Crippen LogP contribution in [0.15, 0.2) is 0 Å². The zero-order chi connectivity index (χ0) is 11.6. The zero-order valence-electron chi connectivity index (χ0n) is 8.42. The highest BCUT2D eigenvalue weighted by molar-refractivity contribution is 5.71. The van der Waals surface area contributed by atoms with Crippen molar-refractivity contribution in [3.63, 3.8) is 0 Å². The Labute approximate surface area is 85.9 Å². The molecule has 15 heavy (non-hydrogen) atoms. The number of carboxylic acids is 1. The van der Waals surface area contributed by atoms with Crippen LogP contribution < -0.4 is 0 Å². The molecule has 0 saturated carbocycles. The van der Waals surface area contributed by atoms with Crippen LogP contribution in [0, 0.1) is 11.8 Å². The molecule has 1 aliphatic heterocycles. The van der Waals surface area contributed by atoms with Crippen molar-refractivity contribution in [1.29, 1.82) is 0 Å². The maximum atomic E-state index is 12.3. The van der Waals surface area contributed by atoms with Gasteiger partial charge in [-0.15, -0.1) is 0 Å². The van der Waals surface area contributed by atoms with Crippen molar-refractivity contribution in [2.45, 2.75) is 19.5 Å². The van der Waals surface area contributed by atoms with Crippen molar-refractivity contribution in [2.75, 3.05) is 19.6 Å². The summed E-state index contributed by atoms with van der Waals surface area (Å²) in [4.78, 5) is 12.0. The zero-order valence-corrected chi connectivity index (χ0v) is 8.42. The van der Waals surface area contributed by atoms with Gasteiger partial charge in [-0.25, -0.2) is 0 Å². The molecule has 1 aliphatic rings. The van der Waals surface area contributed by atoms with Crippen molar-refractivity contribution in [3.05, 3.63) is 0 Å². The molecule has 2 atom stereocenters. The van der Waals surface area contributed by atoms with E-state index >= 15 is 0 Å². The van der Waals surface area contributed by atoms with Gasteiger partial charge in [0.1, 0.15) is 0 Å². The third-order valence-electron chi connectivity index (χ3n) is 2.64. The number of likely N-dealkylation sites (tertiary alicyclic amines) is 1. The fraction of sp³-hybridized carbons (Fsp3) is 0.889. The third-order valence-corrected chi connectivity index (χ3v) is 2.64. The summed E-state index contributed by atoms with van der Waals surface area (Å²) in [7, 11) is 0. The van der Waals surface area contributed by atoms with Gasteiger partial charge in [-0.3, -0.25) is 4.79 Å². The van der Waals surface area contributed by atoms with Crippen molar-refractivity contribution < 1.29 is 23.1 Å². The molecular formula is C9H14F3NO2. The molecule has 1 heterocycles. The molecule has 6 heteroatoms. The summed E-state index contributed by atoms with van der Waals surface area (Å²) in [5.41, 5.74) is 0. The van der Waals surface area contributed by atoms with E-state index in [9.17, 15) is 18.0 Å². The van der Waals surface area contributed by atoms with E-state index < -0.39 is 24.6 Å². The van der Waals surface area contributed by atoms with Crippen molar-refractivity contribution in [1.82, 2.24) is 4.90 Å². The number of alkyl halides is 3. The minimum absolute atomic E-state index is 0.354. The summed E-state index contributed by atoms with van der Waals surface area (Å²) in [6.07, 6.45) is -3.82. The van der Waals surface area contributed by atoms with Crippen LogP contribution in [0.25, 0.3) is 0 Å². The van der Waals surface area contributed by atoms with E-state index in [1.165, 1.54) is 0 Å². The van der Waals surface area contributed by atoms with Gasteiger partial charge in [-0.2, -0.15) is 13.2 Å². The van der Waals surface area contributed by atoms with Gasteiger partial charge in [0.05, 0.1) is 0 Å². The molecule has 2 unspecified atom stereocenters. The number of hydrogen-bond donors (Lipinski definition) is 1. The Balaban J connectivity index is 2.56. The molecule has 0 spiro atoms. The van der Waals surface area contributed by atoms with Crippen LogP contribution >= 0.6 is 0 Å². The maximum Gasteiger partial charge on any atom is 0.403 e. The first-order valence-electron chi connectivity index (χ1n) is 4.82. The Hall–Kier alpha value is -0.780. The molecule has 88 valence electrons. The number of halogens is 3. The lowest BCUT2D eigenvalue weighted by molar-refractivity contribution is -0.196. The topological polar surface area (TPSA) is 40.5 Å². The van der Waals surface area contributed by atoms with Crippen molar-refractivity contribution in [3.8, 4) is 0 Å². The van der Waals surface area contributed by atoms with Crippen LogP contribution in [0.5, 0.6) is 0 Å². The van der Waals surface area contributed by atoms with Gasteiger partial charge in [0.25, 0.3) is 0 Å². The molecular weight excluding hydrogens is 211 g/mol. The lowest BCUT2D eigenvalue weighted by Crippen LogP contribution is -2.40. The SMILES string of the molecule is CC1CCN(CC(C(=O)O)C(F)(F)F)C1. The van der Waals surface area contributed by atoms with Crippen molar-refractivity contribution >= 4 is 5.97 Å². The first-order valence-corrected chi connectivity index (χ1v) is 4.82. The monoisotopic (exact) mass is 225 g/mol. The Morgan fingerprint density at radius 1 is 1.60 bits per heavy atom. The maximum absolute atomic E-state index is 12.3. The predicted octanol–water partition coefficient (Wildman–Crippen LogP) is 1.59. The van der Waals surface area contributed by atoms with Gasteiger partial charge in [-0.05, 0) is 18.9 Å². The van der Waals surface area contributed by atoms with Crippen LogP contribution in [-0.4, -0.2) is 41.8 Å². The predicted molar refractivity (Wildman–Crippen MR) is 47.4 cm³/mol. The van der Waals surface area contributed by atoms with Crippen LogP contribution in [0.2, 0.25) is 0 Å². The molecule has 1 fully saturated rings. The molecule has 1 rings (SSSR count). The minimum Gasteiger partial charge on any atom is -0.481 e. The largest absolute Gasteiger partial charge is 0.481 e. The average Bonchev–Trinajstić information content (AvgIpc) is 2.44. The van der Waals surface area contributed by atoms with Gasteiger partial charge in [0.15, 0.2) is 5.92 Å². The van der Waals surface area contributed by atoms with Crippen LogP contribution in [0.4, 0.5) is 13.2 Å². The first-order chi connectivity index (χ1) is 6.80. The molecule has 1 N–H and O–H groups in total. The second kappa shape index (κ2) is 4.38. The molecule has 0 aromatic carbocycles. The van der Waals surface area contributed by atoms with E-state index in [0.717, 1.165) is 6.42 Å². The molecule has 0 radical (unpaired) electrons.